The molecule has 2 aromatic carbocycles. The molecule has 7 atom stereocenters. The maximum absolute atomic E-state index is 13.9. The predicted molar refractivity (Wildman–Crippen MR) is 151 cm³/mol. The number of aliphatic hydroxyl groups is 2. The van der Waals surface area contributed by atoms with Gasteiger partial charge in [0.15, 0.2) is 40.4 Å². The first-order valence-electron chi connectivity index (χ1n) is 14.0. The second-order valence-electron chi connectivity index (χ2n) is 12.2. The number of methoxy groups -OCH3 is 2. The third-order valence-electron chi connectivity index (χ3n) is 9.58. The normalized spacial score (nSPS) is 32.5. The SMILES string of the molecule is COC1=CC(=O)C2C(=O)c3c(cc(C)c(-c4c(C)cc5c(c4O)C(=O)C4C(=O)CC(OC)C(O)C4(C)O5)c3O)OC2(C)C1O. The van der Waals surface area contributed by atoms with E-state index in [2.05, 4.69) is 0 Å². The van der Waals surface area contributed by atoms with E-state index in [0.717, 1.165) is 6.08 Å². The summed E-state index contributed by atoms with van der Waals surface area (Å²) >= 11 is 0. The van der Waals surface area contributed by atoms with Gasteiger partial charge in [0.1, 0.15) is 57.8 Å². The van der Waals surface area contributed by atoms with E-state index in [-0.39, 0.29) is 45.9 Å². The number of aryl methyl sites for hydroxylation is 2. The van der Waals surface area contributed by atoms with Crippen molar-refractivity contribution in [2.75, 3.05) is 14.2 Å². The molecule has 7 unspecified atom stereocenters. The van der Waals surface area contributed by atoms with Crippen LogP contribution in [0.4, 0.5) is 0 Å². The third kappa shape index (κ3) is 3.67. The molecule has 2 heterocycles. The standard InChI is InChI=1S/C32H32O12/c1-11-7-15-21(27(37)23-13(33)9-17(41-5)29(39)31(23,3)43-15)25(35)19(11)20-12(2)8-16-22(26(20)36)28(38)24-14(34)10-18(42-6)30(40)32(24,4)44-16/h7-9,18,23-24,29-30,35-36,39-40H,10H2,1-6H3. The van der Waals surface area contributed by atoms with Crippen molar-refractivity contribution >= 4 is 23.1 Å². The van der Waals surface area contributed by atoms with Crippen LogP contribution in [0.15, 0.2) is 24.0 Å². The number of ether oxygens (including phenoxy) is 4. The fourth-order valence-electron chi connectivity index (χ4n) is 7.30. The van der Waals surface area contributed by atoms with Gasteiger partial charge in [0, 0.05) is 30.7 Å². The zero-order valence-electron chi connectivity index (χ0n) is 24.9. The van der Waals surface area contributed by atoms with Crippen LogP contribution in [0.25, 0.3) is 11.1 Å². The Morgan fingerprint density at radius 2 is 1.30 bits per heavy atom. The summed E-state index contributed by atoms with van der Waals surface area (Å²) in [6.07, 6.45) is -2.89. The van der Waals surface area contributed by atoms with Gasteiger partial charge in [-0.1, -0.05) is 0 Å². The van der Waals surface area contributed by atoms with E-state index in [1.54, 1.807) is 13.8 Å². The highest BCUT2D eigenvalue weighted by molar-refractivity contribution is 6.20. The average molecular weight is 609 g/mol. The van der Waals surface area contributed by atoms with E-state index in [4.69, 9.17) is 18.9 Å². The first kappa shape index (κ1) is 29.8. The van der Waals surface area contributed by atoms with Gasteiger partial charge in [-0.3, -0.25) is 19.2 Å². The molecule has 1 fully saturated rings. The molecule has 0 saturated heterocycles. The summed E-state index contributed by atoms with van der Waals surface area (Å²) in [7, 11) is 2.62. The number of carbonyl (C=O) groups excluding carboxylic acids is 4. The Labute approximate surface area is 251 Å². The van der Waals surface area contributed by atoms with Crippen LogP contribution in [0, 0.1) is 25.7 Å². The molecule has 2 aliphatic carbocycles. The molecular weight excluding hydrogens is 576 g/mol. The van der Waals surface area contributed by atoms with Gasteiger partial charge >= 0.3 is 0 Å². The van der Waals surface area contributed by atoms with Gasteiger partial charge in [0.2, 0.25) is 0 Å². The molecule has 0 bridgehead atoms. The van der Waals surface area contributed by atoms with E-state index < -0.39 is 76.0 Å². The number of phenolic OH excluding ortho intramolecular Hbond substituents is 2. The molecule has 0 aromatic heterocycles. The van der Waals surface area contributed by atoms with Crippen LogP contribution in [-0.2, 0) is 19.1 Å². The molecule has 0 radical (unpaired) electrons. The fraction of sp³-hybridized carbons (Fsp3) is 0.438. The van der Waals surface area contributed by atoms with Gasteiger partial charge in [0.25, 0.3) is 0 Å². The molecule has 2 aliphatic heterocycles. The molecule has 4 aliphatic rings. The van der Waals surface area contributed by atoms with Gasteiger partial charge in [-0.25, -0.2) is 0 Å². The number of allylic oxidation sites excluding steroid dienone is 1. The second-order valence-corrected chi connectivity index (χ2v) is 12.2. The zero-order valence-corrected chi connectivity index (χ0v) is 24.9. The van der Waals surface area contributed by atoms with Crippen molar-refractivity contribution < 1.29 is 58.6 Å². The number of aliphatic hydroxyl groups excluding tert-OH is 2. The number of aromatic hydroxyl groups is 2. The predicted octanol–water partition coefficient (Wildman–Crippen LogP) is 2.10. The maximum Gasteiger partial charge on any atom is 0.185 e. The summed E-state index contributed by atoms with van der Waals surface area (Å²) in [4.78, 5) is 53.9. The lowest BCUT2D eigenvalue weighted by Crippen LogP contribution is -2.66. The lowest BCUT2D eigenvalue weighted by molar-refractivity contribution is -0.171. The Hall–Kier alpha value is -4.26. The molecule has 0 spiro atoms. The lowest BCUT2D eigenvalue weighted by Gasteiger charge is -2.48. The monoisotopic (exact) mass is 608 g/mol. The minimum absolute atomic E-state index is 0.00150. The van der Waals surface area contributed by atoms with Gasteiger partial charge in [-0.2, -0.15) is 0 Å². The maximum atomic E-state index is 13.9. The molecule has 1 saturated carbocycles. The van der Waals surface area contributed by atoms with Crippen molar-refractivity contribution in [2.24, 2.45) is 11.8 Å². The number of hydrogen-bond donors (Lipinski definition) is 4. The summed E-state index contributed by atoms with van der Waals surface area (Å²) in [6.45, 7) is 6.02. The van der Waals surface area contributed by atoms with Crippen LogP contribution < -0.4 is 9.47 Å². The van der Waals surface area contributed by atoms with Crippen molar-refractivity contribution in [1.29, 1.82) is 0 Å². The summed E-state index contributed by atoms with van der Waals surface area (Å²) in [5.41, 5.74) is -3.36. The van der Waals surface area contributed by atoms with Crippen molar-refractivity contribution in [2.45, 2.75) is 63.6 Å². The molecule has 12 nitrogen and oxygen atoms in total. The van der Waals surface area contributed by atoms with Crippen molar-refractivity contribution in [3.63, 3.8) is 0 Å². The highest BCUT2D eigenvalue weighted by Crippen LogP contribution is 2.55. The Morgan fingerprint density at radius 3 is 1.80 bits per heavy atom. The number of carbonyl (C=O) groups is 4. The van der Waals surface area contributed by atoms with Gasteiger partial charge in [-0.15, -0.1) is 0 Å². The largest absolute Gasteiger partial charge is 0.506 e. The number of rotatable bonds is 3. The highest BCUT2D eigenvalue weighted by atomic mass is 16.5. The van der Waals surface area contributed by atoms with E-state index in [9.17, 15) is 39.6 Å². The Morgan fingerprint density at radius 1 is 0.795 bits per heavy atom. The number of benzene rings is 2. The van der Waals surface area contributed by atoms with Crippen LogP contribution in [0.5, 0.6) is 23.0 Å². The topological polar surface area (TPSA) is 186 Å². The van der Waals surface area contributed by atoms with Crippen LogP contribution >= 0.6 is 0 Å². The molecule has 2 aromatic rings. The van der Waals surface area contributed by atoms with Crippen molar-refractivity contribution in [1.82, 2.24) is 0 Å². The Balaban J connectivity index is 1.51. The van der Waals surface area contributed by atoms with Crippen molar-refractivity contribution in [3.05, 3.63) is 46.2 Å². The van der Waals surface area contributed by atoms with Gasteiger partial charge in [0.05, 0.1) is 13.2 Å². The van der Waals surface area contributed by atoms with Crippen molar-refractivity contribution in [3.8, 4) is 34.1 Å². The Kier molecular flexibility index (Phi) is 6.51. The van der Waals surface area contributed by atoms with Crippen LogP contribution in [-0.4, -0.2) is 87.3 Å². The van der Waals surface area contributed by atoms with Crippen LogP contribution in [0.2, 0.25) is 0 Å². The minimum atomic E-state index is -1.72. The second kappa shape index (κ2) is 9.62. The van der Waals surface area contributed by atoms with E-state index >= 15 is 0 Å². The van der Waals surface area contributed by atoms with Crippen LogP contribution in [0.3, 0.4) is 0 Å². The summed E-state index contributed by atoms with van der Waals surface area (Å²) in [6, 6.07) is 2.88. The Bertz CT molecular complexity index is 1720. The van der Waals surface area contributed by atoms with Gasteiger partial charge in [-0.05, 0) is 51.0 Å². The summed E-state index contributed by atoms with van der Waals surface area (Å²) in [5, 5.41) is 45.1. The first-order chi connectivity index (χ1) is 20.6. The minimum Gasteiger partial charge on any atom is -0.506 e. The van der Waals surface area contributed by atoms with Gasteiger partial charge < -0.3 is 39.4 Å². The number of phenols is 2. The van der Waals surface area contributed by atoms with E-state index in [1.807, 2.05) is 0 Å². The molecule has 0 amide bonds. The molecule has 12 heteroatoms. The number of fused-ring (bicyclic) bond motifs is 4. The zero-order chi connectivity index (χ0) is 32.2. The molecule has 44 heavy (non-hydrogen) atoms. The molecule has 4 N–H and O–H groups in total. The molecule has 232 valence electrons. The molecular formula is C32H32O12. The van der Waals surface area contributed by atoms with E-state index in [0.29, 0.717) is 11.1 Å². The number of hydrogen-bond acceptors (Lipinski definition) is 12. The summed E-state index contributed by atoms with van der Waals surface area (Å²) in [5.74, 6) is -7.12. The third-order valence-corrected chi connectivity index (χ3v) is 9.58. The van der Waals surface area contributed by atoms with Crippen LogP contribution in [0.1, 0.15) is 52.1 Å². The fourth-order valence-corrected chi connectivity index (χ4v) is 7.30. The molecule has 6 rings (SSSR count). The first-order valence-corrected chi connectivity index (χ1v) is 14.0. The number of Topliss-reactive ketones (excluding diaryl/α,β-unsaturated/α-hetero) is 3. The average Bonchev–Trinajstić information content (AvgIpc) is 2.93. The highest BCUT2D eigenvalue weighted by Gasteiger charge is 2.61. The number of ketones is 4. The smallest absolute Gasteiger partial charge is 0.185 e. The quantitative estimate of drug-likeness (QED) is 0.373. The van der Waals surface area contributed by atoms with E-state index in [1.165, 1.54) is 40.2 Å². The lowest BCUT2D eigenvalue weighted by atomic mass is 9.67. The summed E-state index contributed by atoms with van der Waals surface area (Å²) < 4.78 is 22.5.